The Morgan fingerprint density at radius 1 is 1.40 bits per heavy atom. The van der Waals surface area contributed by atoms with E-state index in [2.05, 4.69) is 15.4 Å². The van der Waals surface area contributed by atoms with Crippen molar-refractivity contribution in [3.05, 3.63) is 38.8 Å². The van der Waals surface area contributed by atoms with Crippen LogP contribution < -0.4 is 16.5 Å². The molecular formula is C7H4N4O4. The Kier molecular flexibility index (Phi) is 1.82. The maximum Gasteiger partial charge on any atom is 0.341 e. The van der Waals surface area contributed by atoms with E-state index in [9.17, 15) is 14.4 Å². The summed E-state index contributed by atoms with van der Waals surface area (Å²) in [5.41, 5.74) is 0.587. The van der Waals surface area contributed by atoms with Crippen LogP contribution in [0.2, 0.25) is 0 Å². The van der Waals surface area contributed by atoms with E-state index in [1.165, 1.54) is 0 Å². The zero-order valence-corrected chi connectivity index (χ0v) is 7.17. The summed E-state index contributed by atoms with van der Waals surface area (Å²) in [6.07, 6.45) is 2.17. The van der Waals surface area contributed by atoms with Crippen LogP contribution in [-0.4, -0.2) is 25.7 Å². The van der Waals surface area contributed by atoms with Crippen LogP contribution in [0.25, 0.3) is 0 Å². The fourth-order valence-corrected chi connectivity index (χ4v) is 0.918. The fraction of sp³-hybridized carbons (Fsp3) is 0. The summed E-state index contributed by atoms with van der Waals surface area (Å²) < 4.78 is 0.661. The van der Waals surface area contributed by atoms with Crippen molar-refractivity contribution in [3.63, 3.8) is 0 Å². The van der Waals surface area contributed by atoms with Gasteiger partial charge in [-0.05, 0) is 0 Å². The van der Waals surface area contributed by atoms with Crippen LogP contribution >= 0.6 is 0 Å². The van der Waals surface area contributed by atoms with E-state index in [0.29, 0.717) is 4.68 Å². The average molecular weight is 208 g/mol. The number of anilines is 1. The largest absolute Gasteiger partial charge is 0.477 e. The molecule has 0 aromatic carbocycles. The molecule has 0 aliphatic rings. The first-order valence-corrected chi connectivity index (χ1v) is 3.79. The summed E-state index contributed by atoms with van der Waals surface area (Å²) in [4.78, 5) is 39.0. The monoisotopic (exact) mass is 208 g/mol. The molecule has 8 nitrogen and oxygen atoms in total. The summed E-state index contributed by atoms with van der Waals surface area (Å²) in [7, 11) is 0. The number of aromatic carboxylic acids is 1. The van der Waals surface area contributed by atoms with Gasteiger partial charge in [0.2, 0.25) is 0 Å². The Morgan fingerprint density at radius 3 is 2.60 bits per heavy atom. The van der Waals surface area contributed by atoms with Gasteiger partial charge in [0.15, 0.2) is 5.82 Å². The molecule has 76 valence electrons. The van der Waals surface area contributed by atoms with Crippen LogP contribution in [0.4, 0.5) is 5.82 Å². The number of carbonyl (C=O) groups is 1. The van der Waals surface area contributed by atoms with Gasteiger partial charge in [0.05, 0.1) is 0 Å². The van der Waals surface area contributed by atoms with E-state index in [-0.39, 0.29) is 11.4 Å². The first kappa shape index (κ1) is 9.06. The van der Waals surface area contributed by atoms with E-state index < -0.39 is 17.1 Å². The molecule has 2 rings (SSSR count). The number of hydrogen-bond donors (Lipinski definition) is 2. The number of rotatable bonds is 3. The molecular weight excluding hydrogens is 204 g/mol. The predicted octanol–water partition coefficient (Wildman–Crippen LogP) is -1.55. The standard InChI is InChI=1S/C7H4N4O4/c12-5-6(13)11(5)10-4-3(7(14)15)1-8-2-9-4/h1-2H,(H,14,15)(H,8,9,10). The number of aromatic nitrogens is 3. The molecule has 2 aromatic rings. The van der Waals surface area contributed by atoms with Gasteiger partial charge in [0.1, 0.15) is 11.9 Å². The van der Waals surface area contributed by atoms with Gasteiger partial charge in [-0.3, -0.25) is 15.0 Å². The molecule has 0 bridgehead atoms. The number of nitrogens with one attached hydrogen (secondary N) is 1. The first-order chi connectivity index (χ1) is 7.11. The van der Waals surface area contributed by atoms with Crippen molar-refractivity contribution < 1.29 is 9.90 Å². The Morgan fingerprint density at radius 2 is 2.07 bits per heavy atom. The lowest BCUT2D eigenvalue weighted by Gasteiger charge is -2.02. The molecule has 0 saturated heterocycles. The minimum absolute atomic E-state index is 0.100. The summed E-state index contributed by atoms with van der Waals surface area (Å²) >= 11 is 0. The molecule has 0 spiro atoms. The number of nitrogens with zero attached hydrogens (tertiary/aromatic N) is 3. The maximum absolute atomic E-state index is 10.7. The quantitative estimate of drug-likeness (QED) is 0.586. The van der Waals surface area contributed by atoms with Gasteiger partial charge in [-0.25, -0.2) is 14.8 Å². The van der Waals surface area contributed by atoms with Crippen LogP contribution in [0, 0.1) is 0 Å². The van der Waals surface area contributed by atoms with Crippen LogP contribution in [0.15, 0.2) is 22.1 Å². The first-order valence-electron chi connectivity index (χ1n) is 3.79. The molecule has 0 unspecified atom stereocenters. The maximum atomic E-state index is 10.7. The summed E-state index contributed by atoms with van der Waals surface area (Å²) in [6, 6.07) is 0. The topological polar surface area (TPSA) is 114 Å². The predicted molar refractivity (Wildman–Crippen MR) is 47.4 cm³/mol. The van der Waals surface area contributed by atoms with Gasteiger partial charge in [0, 0.05) is 6.20 Å². The molecule has 0 aliphatic carbocycles. The zero-order valence-electron chi connectivity index (χ0n) is 7.17. The highest BCUT2D eigenvalue weighted by atomic mass is 16.4. The molecule has 2 N–H and O–H groups in total. The van der Waals surface area contributed by atoms with E-state index in [4.69, 9.17) is 5.11 Å². The van der Waals surface area contributed by atoms with Gasteiger partial charge in [-0.15, -0.1) is 0 Å². The Bertz CT molecular complexity index is 570. The molecule has 0 amide bonds. The van der Waals surface area contributed by atoms with E-state index in [1.807, 2.05) is 0 Å². The molecule has 0 saturated carbocycles. The third-order valence-electron chi connectivity index (χ3n) is 1.70. The minimum Gasteiger partial charge on any atom is -0.477 e. The molecule has 2 aromatic heterocycles. The van der Waals surface area contributed by atoms with Crippen molar-refractivity contribution in [1.82, 2.24) is 14.6 Å². The Hall–Kier alpha value is -2.51. The fourth-order valence-electron chi connectivity index (χ4n) is 0.918. The third kappa shape index (κ3) is 1.47. The van der Waals surface area contributed by atoms with Gasteiger partial charge < -0.3 is 5.11 Å². The Balaban J connectivity index is 2.37. The third-order valence-corrected chi connectivity index (χ3v) is 1.70. The molecule has 0 atom stereocenters. The van der Waals surface area contributed by atoms with Crippen molar-refractivity contribution >= 4 is 11.8 Å². The SMILES string of the molecule is O=C(O)c1cncnc1Nn1c(=O)c1=O. The lowest BCUT2D eigenvalue weighted by molar-refractivity contribution is 0.0697. The second kappa shape index (κ2) is 3.01. The van der Waals surface area contributed by atoms with Crippen LogP contribution in [0.3, 0.4) is 0 Å². The summed E-state index contributed by atoms with van der Waals surface area (Å²) in [5, 5.41) is 8.72. The molecule has 0 radical (unpaired) electrons. The van der Waals surface area contributed by atoms with E-state index >= 15 is 0 Å². The van der Waals surface area contributed by atoms with Crippen molar-refractivity contribution in [1.29, 1.82) is 0 Å². The van der Waals surface area contributed by atoms with Crippen molar-refractivity contribution in [2.75, 3.05) is 5.43 Å². The lowest BCUT2D eigenvalue weighted by atomic mass is 10.3. The van der Waals surface area contributed by atoms with Crippen LogP contribution in [0.1, 0.15) is 10.4 Å². The molecule has 8 heteroatoms. The van der Waals surface area contributed by atoms with Crippen molar-refractivity contribution in [2.45, 2.75) is 0 Å². The molecule has 2 heterocycles. The average Bonchev–Trinajstić information content (AvgIpc) is 2.76. The Labute approximate surface area is 81.5 Å². The number of carboxylic acid groups (broad SMARTS) is 1. The van der Waals surface area contributed by atoms with Gasteiger partial charge in [-0.1, -0.05) is 0 Å². The van der Waals surface area contributed by atoms with Crippen molar-refractivity contribution in [3.8, 4) is 0 Å². The second-order valence-electron chi connectivity index (χ2n) is 2.65. The highest BCUT2D eigenvalue weighted by Gasteiger charge is 2.19. The van der Waals surface area contributed by atoms with Crippen molar-refractivity contribution in [2.24, 2.45) is 0 Å². The molecule has 15 heavy (non-hydrogen) atoms. The highest BCUT2D eigenvalue weighted by Crippen LogP contribution is 2.08. The number of hydrogen-bond acceptors (Lipinski definition) is 6. The van der Waals surface area contributed by atoms with Gasteiger partial charge in [-0.2, -0.15) is 4.68 Å². The highest BCUT2D eigenvalue weighted by molar-refractivity contribution is 5.92. The minimum atomic E-state index is -1.25. The zero-order chi connectivity index (χ0) is 11.0. The van der Waals surface area contributed by atoms with Crippen LogP contribution in [-0.2, 0) is 0 Å². The molecule has 0 aliphatic heterocycles. The second-order valence-corrected chi connectivity index (χ2v) is 2.65. The summed E-state index contributed by atoms with van der Waals surface area (Å²) in [6.45, 7) is 0. The van der Waals surface area contributed by atoms with E-state index in [0.717, 1.165) is 12.5 Å². The normalized spacial score (nSPS) is 10.4. The lowest BCUT2D eigenvalue weighted by Crippen LogP contribution is -2.13. The number of carboxylic acids is 1. The van der Waals surface area contributed by atoms with E-state index in [1.54, 1.807) is 0 Å². The summed E-state index contributed by atoms with van der Waals surface area (Å²) in [5.74, 6) is -1.35. The van der Waals surface area contributed by atoms with Gasteiger partial charge in [0.25, 0.3) is 0 Å². The van der Waals surface area contributed by atoms with Crippen LogP contribution in [0.5, 0.6) is 0 Å². The smallest absolute Gasteiger partial charge is 0.341 e. The van der Waals surface area contributed by atoms with Gasteiger partial charge >= 0.3 is 17.1 Å². The molecule has 0 fully saturated rings.